The zero-order valence-corrected chi connectivity index (χ0v) is 15.7. The Labute approximate surface area is 154 Å². The van der Waals surface area contributed by atoms with Crippen LogP contribution in [0.1, 0.15) is 12.0 Å². The van der Waals surface area contributed by atoms with Crippen LogP contribution in [0.4, 0.5) is 5.69 Å². The van der Waals surface area contributed by atoms with E-state index in [1.807, 2.05) is 18.2 Å². The van der Waals surface area contributed by atoms with Crippen LogP contribution in [0.3, 0.4) is 0 Å². The van der Waals surface area contributed by atoms with Crippen molar-refractivity contribution in [3.8, 4) is 0 Å². The Morgan fingerprint density at radius 1 is 1.20 bits per heavy atom. The van der Waals surface area contributed by atoms with Crippen molar-refractivity contribution in [1.29, 1.82) is 0 Å². The molecule has 2 amide bonds. The number of thiocarbonyl (C=S) groups is 1. The molecule has 130 valence electrons. The Morgan fingerprint density at radius 3 is 2.60 bits per heavy atom. The second kappa shape index (κ2) is 5.65. The SMILES string of the molecule is CN1C(=O)C(=C2SC(=S)N(C3CCS(=O)(=O)C3)C2=O)c2ccccc21. The first-order valence-electron chi connectivity index (χ1n) is 7.67. The summed E-state index contributed by atoms with van der Waals surface area (Å²) < 4.78 is 23.8. The van der Waals surface area contributed by atoms with Crippen molar-refractivity contribution in [1.82, 2.24) is 4.90 Å². The van der Waals surface area contributed by atoms with Crippen LogP contribution in [0, 0.1) is 0 Å². The van der Waals surface area contributed by atoms with Gasteiger partial charge < -0.3 is 4.90 Å². The molecule has 4 rings (SSSR count). The molecule has 0 bridgehead atoms. The first-order valence-corrected chi connectivity index (χ1v) is 10.7. The Balaban J connectivity index is 1.78. The molecule has 3 aliphatic rings. The van der Waals surface area contributed by atoms with E-state index in [4.69, 9.17) is 12.2 Å². The van der Waals surface area contributed by atoms with Gasteiger partial charge in [-0.15, -0.1) is 0 Å². The van der Waals surface area contributed by atoms with Gasteiger partial charge in [-0.05, 0) is 12.5 Å². The predicted octanol–water partition coefficient (Wildman–Crippen LogP) is 1.42. The molecule has 0 spiro atoms. The minimum atomic E-state index is -3.14. The first-order chi connectivity index (χ1) is 11.8. The summed E-state index contributed by atoms with van der Waals surface area (Å²) in [5.41, 5.74) is 1.80. The molecule has 0 saturated carbocycles. The molecular weight excluding hydrogens is 380 g/mol. The van der Waals surface area contributed by atoms with Crippen LogP contribution in [-0.4, -0.2) is 54.0 Å². The molecule has 1 aromatic carbocycles. The van der Waals surface area contributed by atoms with Crippen LogP contribution < -0.4 is 4.90 Å². The van der Waals surface area contributed by atoms with Crippen molar-refractivity contribution in [2.24, 2.45) is 0 Å². The topological polar surface area (TPSA) is 74.8 Å². The quantitative estimate of drug-likeness (QED) is 0.530. The number of nitrogens with zero attached hydrogens (tertiary/aromatic N) is 2. The molecule has 0 N–H and O–H groups in total. The number of carbonyl (C=O) groups excluding carboxylic acids is 2. The second-order valence-electron chi connectivity index (χ2n) is 6.19. The van der Waals surface area contributed by atoms with Crippen LogP contribution in [-0.2, 0) is 19.4 Å². The van der Waals surface area contributed by atoms with E-state index in [2.05, 4.69) is 0 Å². The van der Waals surface area contributed by atoms with Crippen molar-refractivity contribution < 1.29 is 18.0 Å². The number of hydrogen-bond acceptors (Lipinski definition) is 6. The number of anilines is 1. The monoisotopic (exact) mass is 394 g/mol. The number of carbonyl (C=O) groups is 2. The third-order valence-electron chi connectivity index (χ3n) is 4.65. The number of para-hydroxylation sites is 1. The standard InChI is InChI=1S/C16H14N2O4S3/c1-17-11-5-3-2-4-10(11)12(14(17)19)13-15(20)18(16(23)24-13)9-6-7-25(21,22)8-9/h2-5,9H,6-8H2,1H3. The van der Waals surface area contributed by atoms with Crippen LogP contribution >= 0.6 is 24.0 Å². The average Bonchev–Trinajstić information content (AvgIpc) is 3.14. The highest BCUT2D eigenvalue weighted by molar-refractivity contribution is 8.26. The molecule has 9 heteroatoms. The Hall–Kier alpha value is -1.71. The largest absolute Gasteiger partial charge is 0.311 e. The zero-order valence-electron chi connectivity index (χ0n) is 13.3. The normalized spacial score (nSPS) is 28.2. The fraction of sp³-hybridized carbons (Fsp3) is 0.312. The van der Waals surface area contributed by atoms with E-state index < -0.39 is 15.9 Å². The predicted molar refractivity (Wildman–Crippen MR) is 101 cm³/mol. The van der Waals surface area contributed by atoms with Gasteiger partial charge in [-0.1, -0.05) is 42.2 Å². The van der Waals surface area contributed by atoms with Gasteiger partial charge in [0.1, 0.15) is 4.32 Å². The lowest BCUT2D eigenvalue weighted by molar-refractivity contribution is -0.123. The maximum Gasteiger partial charge on any atom is 0.267 e. The molecule has 1 atom stereocenters. The van der Waals surface area contributed by atoms with Crippen LogP contribution in [0.15, 0.2) is 29.2 Å². The van der Waals surface area contributed by atoms with Crippen molar-refractivity contribution in [3.63, 3.8) is 0 Å². The lowest BCUT2D eigenvalue weighted by Gasteiger charge is -2.21. The highest BCUT2D eigenvalue weighted by Gasteiger charge is 2.45. The van der Waals surface area contributed by atoms with Gasteiger partial charge in [-0.25, -0.2) is 8.42 Å². The molecule has 2 saturated heterocycles. The number of benzene rings is 1. The molecule has 3 aliphatic heterocycles. The molecule has 0 radical (unpaired) electrons. The Morgan fingerprint density at radius 2 is 1.92 bits per heavy atom. The fourth-order valence-electron chi connectivity index (χ4n) is 3.41. The van der Waals surface area contributed by atoms with E-state index in [0.29, 0.717) is 21.9 Å². The van der Waals surface area contributed by atoms with E-state index >= 15 is 0 Å². The van der Waals surface area contributed by atoms with E-state index in [0.717, 1.165) is 17.4 Å². The summed E-state index contributed by atoms with van der Waals surface area (Å²) >= 11 is 6.40. The number of likely N-dealkylation sites (N-methyl/N-ethyl adjacent to an activating group) is 1. The van der Waals surface area contributed by atoms with Gasteiger partial charge in [0, 0.05) is 12.6 Å². The number of amides is 2. The summed E-state index contributed by atoms with van der Waals surface area (Å²) in [5, 5.41) is 0. The lowest BCUT2D eigenvalue weighted by atomic mass is 10.1. The zero-order chi connectivity index (χ0) is 17.9. The van der Waals surface area contributed by atoms with Gasteiger partial charge in [0.05, 0.1) is 33.7 Å². The van der Waals surface area contributed by atoms with Crippen LogP contribution in [0.25, 0.3) is 5.57 Å². The maximum absolute atomic E-state index is 13.0. The van der Waals surface area contributed by atoms with Gasteiger partial charge in [0.25, 0.3) is 11.8 Å². The second-order valence-corrected chi connectivity index (χ2v) is 10.1. The van der Waals surface area contributed by atoms with Crippen molar-refractivity contribution in [2.75, 3.05) is 23.5 Å². The van der Waals surface area contributed by atoms with E-state index in [1.54, 1.807) is 13.1 Å². The molecule has 2 fully saturated rings. The molecule has 1 aromatic rings. The maximum atomic E-state index is 13.0. The number of rotatable bonds is 1. The minimum Gasteiger partial charge on any atom is -0.311 e. The van der Waals surface area contributed by atoms with Crippen LogP contribution in [0.5, 0.6) is 0 Å². The van der Waals surface area contributed by atoms with E-state index in [9.17, 15) is 18.0 Å². The Bertz CT molecular complexity index is 967. The third kappa shape index (κ3) is 2.52. The highest BCUT2D eigenvalue weighted by atomic mass is 32.2. The van der Waals surface area contributed by atoms with Crippen molar-refractivity contribution in [2.45, 2.75) is 12.5 Å². The van der Waals surface area contributed by atoms with Crippen molar-refractivity contribution >= 4 is 61.2 Å². The van der Waals surface area contributed by atoms with Gasteiger partial charge in [-0.2, -0.15) is 0 Å². The van der Waals surface area contributed by atoms with Gasteiger partial charge in [0.15, 0.2) is 9.84 Å². The smallest absolute Gasteiger partial charge is 0.267 e. The summed E-state index contributed by atoms with van der Waals surface area (Å²) in [5.74, 6) is -0.635. The fourth-order valence-corrected chi connectivity index (χ4v) is 6.59. The van der Waals surface area contributed by atoms with E-state index in [-0.39, 0.29) is 28.2 Å². The first kappa shape index (κ1) is 16.7. The summed E-state index contributed by atoms with van der Waals surface area (Å²) in [6.07, 6.45) is 0.377. The number of fused-ring (bicyclic) bond motifs is 1. The van der Waals surface area contributed by atoms with Crippen LogP contribution in [0.2, 0.25) is 0 Å². The lowest BCUT2D eigenvalue weighted by Crippen LogP contribution is -2.39. The summed E-state index contributed by atoms with van der Waals surface area (Å²) in [6.45, 7) is 0. The highest BCUT2D eigenvalue weighted by Crippen LogP contribution is 2.45. The number of thioether (sulfide) groups is 1. The molecule has 0 aromatic heterocycles. The number of sulfone groups is 1. The van der Waals surface area contributed by atoms with Gasteiger partial charge in [0.2, 0.25) is 0 Å². The summed E-state index contributed by atoms with van der Waals surface area (Å²) in [6, 6.07) is 6.83. The average molecular weight is 394 g/mol. The van der Waals surface area contributed by atoms with Gasteiger partial charge >= 0.3 is 0 Å². The molecule has 1 unspecified atom stereocenters. The molecule has 3 heterocycles. The summed E-state index contributed by atoms with van der Waals surface area (Å²) in [4.78, 5) is 28.8. The minimum absolute atomic E-state index is 0.0606. The molecule has 6 nitrogen and oxygen atoms in total. The molecular formula is C16H14N2O4S3. The molecule has 25 heavy (non-hydrogen) atoms. The van der Waals surface area contributed by atoms with E-state index in [1.165, 1.54) is 9.80 Å². The Kier molecular flexibility index (Phi) is 3.78. The third-order valence-corrected chi connectivity index (χ3v) is 7.80. The molecule has 0 aliphatic carbocycles. The summed E-state index contributed by atoms with van der Waals surface area (Å²) in [7, 11) is -1.47. The van der Waals surface area contributed by atoms with Crippen molar-refractivity contribution in [3.05, 3.63) is 34.7 Å². The number of hydrogen-bond donors (Lipinski definition) is 0. The van der Waals surface area contributed by atoms with Gasteiger partial charge in [-0.3, -0.25) is 14.5 Å².